The van der Waals surface area contributed by atoms with Gasteiger partial charge in [0.1, 0.15) is 17.3 Å². The lowest BCUT2D eigenvalue weighted by molar-refractivity contribution is -0.118. The van der Waals surface area contributed by atoms with Crippen molar-refractivity contribution < 1.29 is 18.7 Å². The highest BCUT2D eigenvalue weighted by Crippen LogP contribution is 2.24. The van der Waals surface area contributed by atoms with Crippen LogP contribution in [0.15, 0.2) is 36.4 Å². The van der Waals surface area contributed by atoms with Gasteiger partial charge in [-0.3, -0.25) is 4.79 Å². The van der Waals surface area contributed by atoms with Gasteiger partial charge in [-0.05, 0) is 61.3 Å². The second kappa shape index (κ2) is 7.98. The second-order valence-corrected chi connectivity index (χ2v) is 5.73. The maximum absolute atomic E-state index is 14.5. The zero-order valence-corrected chi connectivity index (χ0v) is 14.1. The van der Waals surface area contributed by atoms with Crippen LogP contribution in [0.4, 0.5) is 10.1 Å². The summed E-state index contributed by atoms with van der Waals surface area (Å²) in [5.41, 5.74) is 1.80. The van der Waals surface area contributed by atoms with E-state index in [0.717, 1.165) is 17.9 Å². The standard InChI is InChI=1S/C19H21FN2O3/c1-2-24-14-4-6-15(7-5-14)25-12-18(23)22-17-8-3-13-11-21-10-9-16(13)19(17)20/h3-8,21H,2,9-12H2,1H3,(H,22,23). The van der Waals surface area contributed by atoms with Crippen molar-refractivity contribution >= 4 is 11.6 Å². The highest BCUT2D eigenvalue weighted by atomic mass is 19.1. The van der Waals surface area contributed by atoms with Crippen molar-refractivity contribution in [2.24, 2.45) is 0 Å². The smallest absolute Gasteiger partial charge is 0.262 e. The Hall–Kier alpha value is -2.60. The van der Waals surface area contributed by atoms with Crippen molar-refractivity contribution in [3.8, 4) is 11.5 Å². The molecule has 2 aromatic rings. The first-order valence-electron chi connectivity index (χ1n) is 8.34. The van der Waals surface area contributed by atoms with Crippen LogP contribution in [-0.4, -0.2) is 25.7 Å². The first kappa shape index (κ1) is 17.2. The Kier molecular flexibility index (Phi) is 5.50. The summed E-state index contributed by atoms with van der Waals surface area (Å²) in [5, 5.41) is 5.77. The molecule has 0 radical (unpaired) electrons. The number of hydrogen-bond acceptors (Lipinski definition) is 4. The van der Waals surface area contributed by atoms with Crippen LogP contribution in [0.5, 0.6) is 11.5 Å². The molecule has 2 aromatic carbocycles. The molecule has 25 heavy (non-hydrogen) atoms. The number of anilines is 1. The molecule has 0 unspecified atom stereocenters. The second-order valence-electron chi connectivity index (χ2n) is 5.73. The van der Waals surface area contributed by atoms with Gasteiger partial charge in [0.05, 0.1) is 12.3 Å². The van der Waals surface area contributed by atoms with Crippen molar-refractivity contribution in [2.45, 2.75) is 19.9 Å². The molecule has 1 amide bonds. The SMILES string of the molecule is CCOc1ccc(OCC(=O)Nc2ccc3c(c2F)CCNC3)cc1. The fourth-order valence-corrected chi connectivity index (χ4v) is 2.76. The molecular formula is C19H21FN2O3. The molecule has 0 fully saturated rings. The lowest BCUT2D eigenvalue weighted by Crippen LogP contribution is -2.26. The maximum Gasteiger partial charge on any atom is 0.262 e. The van der Waals surface area contributed by atoms with Gasteiger partial charge in [-0.2, -0.15) is 0 Å². The summed E-state index contributed by atoms with van der Waals surface area (Å²) in [6.45, 7) is 3.70. The molecule has 0 aliphatic carbocycles. The van der Waals surface area contributed by atoms with Crippen LogP contribution in [0.1, 0.15) is 18.1 Å². The predicted octanol–water partition coefficient (Wildman–Crippen LogP) is 2.89. The number of rotatable bonds is 6. The van der Waals surface area contributed by atoms with Crippen molar-refractivity contribution in [3.05, 3.63) is 53.3 Å². The van der Waals surface area contributed by atoms with E-state index in [2.05, 4.69) is 10.6 Å². The summed E-state index contributed by atoms with van der Waals surface area (Å²) < 4.78 is 25.3. The van der Waals surface area contributed by atoms with Gasteiger partial charge in [-0.15, -0.1) is 0 Å². The van der Waals surface area contributed by atoms with Gasteiger partial charge in [-0.25, -0.2) is 4.39 Å². The first-order chi connectivity index (χ1) is 12.2. The van der Waals surface area contributed by atoms with Crippen LogP contribution in [-0.2, 0) is 17.8 Å². The van der Waals surface area contributed by atoms with Gasteiger partial charge >= 0.3 is 0 Å². The van der Waals surface area contributed by atoms with E-state index in [9.17, 15) is 9.18 Å². The molecule has 0 atom stereocenters. The highest BCUT2D eigenvalue weighted by Gasteiger charge is 2.17. The summed E-state index contributed by atoms with van der Waals surface area (Å²) in [7, 11) is 0. The Morgan fingerprint density at radius 2 is 1.88 bits per heavy atom. The normalized spacial score (nSPS) is 13.0. The molecule has 132 valence electrons. The molecule has 1 aliphatic heterocycles. The van der Waals surface area contributed by atoms with E-state index in [4.69, 9.17) is 9.47 Å². The minimum absolute atomic E-state index is 0.188. The number of ether oxygens (including phenoxy) is 2. The van der Waals surface area contributed by atoms with Gasteiger partial charge in [0.2, 0.25) is 0 Å². The quantitative estimate of drug-likeness (QED) is 0.846. The van der Waals surface area contributed by atoms with Gasteiger partial charge in [0.25, 0.3) is 5.91 Å². The number of carbonyl (C=O) groups is 1. The van der Waals surface area contributed by atoms with Crippen molar-refractivity contribution in [2.75, 3.05) is 25.1 Å². The summed E-state index contributed by atoms with van der Waals surface area (Å²) in [4.78, 5) is 12.0. The average Bonchev–Trinajstić information content (AvgIpc) is 2.64. The molecule has 1 heterocycles. The maximum atomic E-state index is 14.5. The third kappa shape index (κ3) is 4.28. The summed E-state index contributed by atoms with van der Waals surface area (Å²) in [6.07, 6.45) is 0.619. The van der Waals surface area contributed by atoms with E-state index < -0.39 is 5.91 Å². The van der Waals surface area contributed by atoms with Crippen LogP contribution >= 0.6 is 0 Å². The zero-order chi connectivity index (χ0) is 17.6. The number of halogens is 1. The van der Waals surface area contributed by atoms with Crippen LogP contribution in [0.2, 0.25) is 0 Å². The molecule has 3 rings (SSSR count). The fourth-order valence-electron chi connectivity index (χ4n) is 2.76. The fraction of sp³-hybridized carbons (Fsp3) is 0.316. The molecule has 0 saturated carbocycles. The van der Waals surface area contributed by atoms with Gasteiger partial charge < -0.3 is 20.1 Å². The number of benzene rings is 2. The predicted molar refractivity (Wildman–Crippen MR) is 93.5 cm³/mol. The monoisotopic (exact) mass is 344 g/mol. The van der Waals surface area contributed by atoms with E-state index in [1.807, 2.05) is 13.0 Å². The van der Waals surface area contributed by atoms with Crippen molar-refractivity contribution in [3.63, 3.8) is 0 Å². The Morgan fingerprint density at radius 1 is 1.16 bits per heavy atom. The van der Waals surface area contributed by atoms with E-state index in [1.165, 1.54) is 0 Å². The Balaban J connectivity index is 1.57. The number of hydrogen-bond donors (Lipinski definition) is 2. The third-order valence-corrected chi connectivity index (χ3v) is 3.99. The van der Waals surface area contributed by atoms with Gasteiger partial charge in [0, 0.05) is 6.54 Å². The topological polar surface area (TPSA) is 59.6 Å². The van der Waals surface area contributed by atoms with E-state index in [-0.39, 0.29) is 18.1 Å². The summed E-state index contributed by atoms with van der Waals surface area (Å²) >= 11 is 0. The Labute approximate surface area is 146 Å². The van der Waals surface area contributed by atoms with Crippen LogP contribution in [0.25, 0.3) is 0 Å². The first-order valence-corrected chi connectivity index (χ1v) is 8.34. The van der Waals surface area contributed by atoms with Crippen LogP contribution in [0, 0.1) is 5.82 Å². The summed E-state index contributed by atoms with van der Waals surface area (Å²) in [5.74, 6) is 0.538. The minimum atomic E-state index is -0.401. The van der Waals surface area contributed by atoms with Gasteiger partial charge in [0.15, 0.2) is 6.61 Å². The number of fused-ring (bicyclic) bond motifs is 1. The Morgan fingerprint density at radius 3 is 2.60 bits per heavy atom. The number of carbonyl (C=O) groups excluding carboxylic acids is 1. The molecule has 0 aromatic heterocycles. The lowest BCUT2D eigenvalue weighted by atomic mass is 9.99. The van der Waals surface area contributed by atoms with Gasteiger partial charge in [-0.1, -0.05) is 6.07 Å². The molecule has 0 spiro atoms. The average molecular weight is 344 g/mol. The molecule has 2 N–H and O–H groups in total. The van der Waals surface area contributed by atoms with Crippen LogP contribution in [0.3, 0.4) is 0 Å². The highest BCUT2D eigenvalue weighted by molar-refractivity contribution is 5.92. The number of nitrogens with one attached hydrogen (secondary N) is 2. The minimum Gasteiger partial charge on any atom is -0.494 e. The van der Waals surface area contributed by atoms with Crippen molar-refractivity contribution in [1.29, 1.82) is 0 Å². The molecule has 0 saturated heterocycles. The number of amides is 1. The third-order valence-electron chi connectivity index (χ3n) is 3.99. The molecule has 5 nitrogen and oxygen atoms in total. The molecule has 0 bridgehead atoms. The van der Waals surface area contributed by atoms with E-state index in [1.54, 1.807) is 30.3 Å². The summed E-state index contributed by atoms with van der Waals surface area (Å²) in [6, 6.07) is 10.4. The van der Waals surface area contributed by atoms with Crippen LogP contribution < -0.4 is 20.1 Å². The largest absolute Gasteiger partial charge is 0.494 e. The lowest BCUT2D eigenvalue weighted by Gasteiger charge is -2.19. The van der Waals surface area contributed by atoms with Crippen molar-refractivity contribution in [1.82, 2.24) is 5.32 Å². The van der Waals surface area contributed by atoms with E-state index in [0.29, 0.717) is 30.9 Å². The zero-order valence-electron chi connectivity index (χ0n) is 14.1. The molecular weight excluding hydrogens is 323 g/mol. The molecule has 6 heteroatoms. The Bertz CT molecular complexity index is 747. The molecule has 1 aliphatic rings. The van der Waals surface area contributed by atoms with E-state index >= 15 is 0 Å².